The second-order valence-corrected chi connectivity index (χ2v) is 3.92. The Hall–Kier alpha value is -1.45. The molecule has 0 unspecified atom stereocenters. The summed E-state index contributed by atoms with van der Waals surface area (Å²) in [6.45, 7) is 0. The van der Waals surface area contributed by atoms with Crippen molar-refractivity contribution in [2.75, 3.05) is 0 Å². The molecule has 0 amide bonds. The third-order valence-corrected chi connectivity index (χ3v) is 2.81. The van der Waals surface area contributed by atoms with Crippen LogP contribution in [0.2, 0.25) is 0 Å². The van der Waals surface area contributed by atoms with Crippen LogP contribution >= 0.6 is 0 Å². The van der Waals surface area contributed by atoms with Gasteiger partial charge < -0.3 is 5.11 Å². The Labute approximate surface area is 88.4 Å². The first-order chi connectivity index (χ1) is 7.25. The predicted molar refractivity (Wildman–Crippen MR) is 54.6 cm³/mol. The van der Waals surface area contributed by atoms with Crippen LogP contribution in [0.25, 0.3) is 0 Å². The van der Waals surface area contributed by atoms with E-state index in [0.29, 0.717) is 18.2 Å². The molecule has 80 valence electrons. The summed E-state index contributed by atoms with van der Waals surface area (Å²) in [6, 6.07) is 1.94. The summed E-state index contributed by atoms with van der Waals surface area (Å²) in [5.74, 6) is 0.436. The molecule has 0 saturated heterocycles. The smallest absolute Gasteiger partial charge is 0.303 e. The van der Waals surface area contributed by atoms with Gasteiger partial charge in [0.05, 0.1) is 6.42 Å². The van der Waals surface area contributed by atoms with Gasteiger partial charge in [0.1, 0.15) is 5.82 Å². The average molecular weight is 206 g/mol. The molecule has 1 fully saturated rings. The summed E-state index contributed by atoms with van der Waals surface area (Å²) in [4.78, 5) is 18.9. The van der Waals surface area contributed by atoms with Gasteiger partial charge in [0.15, 0.2) is 0 Å². The standard InChI is InChI=1S/C11H14N2O2/c14-11(15)5-4-10-12-7-6-9(13-10)8-2-1-3-8/h6-8H,1-5H2,(H,14,15). The molecule has 1 aromatic rings. The summed E-state index contributed by atoms with van der Waals surface area (Å²) >= 11 is 0. The number of carbonyl (C=O) groups is 1. The molecule has 0 aliphatic heterocycles. The molecule has 15 heavy (non-hydrogen) atoms. The number of hydrogen-bond donors (Lipinski definition) is 1. The lowest BCUT2D eigenvalue weighted by molar-refractivity contribution is -0.137. The van der Waals surface area contributed by atoms with E-state index in [-0.39, 0.29) is 6.42 Å². The van der Waals surface area contributed by atoms with Gasteiger partial charge in [-0.25, -0.2) is 9.97 Å². The molecule has 0 aromatic carbocycles. The van der Waals surface area contributed by atoms with Crippen LogP contribution in [0.5, 0.6) is 0 Å². The van der Waals surface area contributed by atoms with E-state index in [9.17, 15) is 4.79 Å². The zero-order valence-corrected chi connectivity index (χ0v) is 8.52. The van der Waals surface area contributed by atoms with Crippen LogP contribution in [0.15, 0.2) is 12.3 Å². The quantitative estimate of drug-likeness (QED) is 0.815. The van der Waals surface area contributed by atoms with Crippen molar-refractivity contribution >= 4 is 5.97 Å². The number of carboxylic acids is 1. The summed E-state index contributed by atoms with van der Waals surface area (Å²) < 4.78 is 0. The number of hydrogen-bond acceptors (Lipinski definition) is 3. The Morgan fingerprint density at radius 1 is 1.53 bits per heavy atom. The topological polar surface area (TPSA) is 63.1 Å². The van der Waals surface area contributed by atoms with Crippen LogP contribution in [-0.4, -0.2) is 21.0 Å². The molecule has 1 aliphatic carbocycles. The molecular weight excluding hydrogens is 192 g/mol. The van der Waals surface area contributed by atoms with E-state index in [1.807, 2.05) is 6.07 Å². The molecule has 2 rings (SSSR count). The van der Waals surface area contributed by atoms with E-state index in [0.717, 1.165) is 5.69 Å². The molecule has 0 spiro atoms. The minimum absolute atomic E-state index is 0.105. The lowest BCUT2D eigenvalue weighted by atomic mass is 9.83. The number of carboxylic acid groups (broad SMARTS) is 1. The van der Waals surface area contributed by atoms with E-state index in [2.05, 4.69) is 9.97 Å². The highest BCUT2D eigenvalue weighted by molar-refractivity contribution is 5.66. The Bertz CT molecular complexity index is 361. The maximum Gasteiger partial charge on any atom is 0.303 e. The molecule has 0 bridgehead atoms. The van der Waals surface area contributed by atoms with Gasteiger partial charge in [-0.2, -0.15) is 0 Å². The molecule has 1 aliphatic rings. The third kappa shape index (κ3) is 2.52. The Morgan fingerprint density at radius 2 is 2.33 bits per heavy atom. The fourth-order valence-corrected chi connectivity index (χ4v) is 1.69. The molecule has 0 atom stereocenters. The molecule has 4 nitrogen and oxygen atoms in total. The number of rotatable bonds is 4. The van der Waals surface area contributed by atoms with Gasteiger partial charge in [0.2, 0.25) is 0 Å². The third-order valence-electron chi connectivity index (χ3n) is 2.81. The Balaban J connectivity index is 2.01. The van der Waals surface area contributed by atoms with Crippen molar-refractivity contribution < 1.29 is 9.90 Å². The predicted octanol–water partition coefficient (Wildman–Crippen LogP) is 1.76. The van der Waals surface area contributed by atoms with Gasteiger partial charge in [-0.05, 0) is 18.9 Å². The minimum atomic E-state index is -0.798. The zero-order valence-electron chi connectivity index (χ0n) is 8.52. The number of nitrogens with zero attached hydrogens (tertiary/aromatic N) is 2. The van der Waals surface area contributed by atoms with Crippen molar-refractivity contribution in [3.8, 4) is 0 Å². The zero-order chi connectivity index (χ0) is 10.7. The number of aliphatic carboxylic acids is 1. The maximum atomic E-state index is 10.4. The van der Waals surface area contributed by atoms with E-state index < -0.39 is 5.97 Å². The monoisotopic (exact) mass is 206 g/mol. The Morgan fingerprint density at radius 3 is 2.93 bits per heavy atom. The highest BCUT2D eigenvalue weighted by Gasteiger charge is 2.20. The molecule has 0 radical (unpaired) electrons. The molecule has 4 heteroatoms. The van der Waals surface area contributed by atoms with Crippen molar-refractivity contribution in [3.63, 3.8) is 0 Å². The highest BCUT2D eigenvalue weighted by Crippen LogP contribution is 2.34. The van der Waals surface area contributed by atoms with E-state index in [1.54, 1.807) is 6.20 Å². The van der Waals surface area contributed by atoms with Crippen LogP contribution in [-0.2, 0) is 11.2 Å². The van der Waals surface area contributed by atoms with Gasteiger partial charge in [0.25, 0.3) is 0 Å². The largest absolute Gasteiger partial charge is 0.481 e. The Kier molecular flexibility index (Phi) is 2.94. The second kappa shape index (κ2) is 4.38. The molecule has 1 N–H and O–H groups in total. The van der Waals surface area contributed by atoms with Gasteiger partial charge in [-0.3, -0.25) is 4.79 Å². The molecule has 1 saturated carbocycles. The van der Waals surface area contributed by atoms with E-state index >= 15 is 0 Å². The lowest BCUT2D eigenvalue weighted by Crippen LogP contribution is -2.12. The fourth-order valence-electron chi connectivity index (χ4n) is 1.69. The van der Waals surface area contributed by atoms with Crippen molar-refractivity contribution in [2.45, 2.75) is 38.0 Å². The first-order valence-corrected chi connectivity index (χ1v) is 5.29. The van der Waals surface area contributed by atoms with Crippen LogP contribution in [0.1, 0.15) is 43.1 Å². The van der Waals surface area contributed by atoms with E-state index in [1.165, 1.54) is 19.3 Å². The SMILES string of the molecule is O=C(O)CCc1nccc(C2CCC2)n1. The van der Waals surface area contributed by atoms with Gasteiger partial charge in [0, 0.05) is 24.2 Å². The average Bonchev–Trinajstić information content (AvgIpc) is 2.13. The summed E-state index contributed by atoms with van der Waals surface area (Å²) in [5.41, 5.74) is 1.08. The van der Waals surface area contributed by atoms with Crippen LogP contribution in [0, 0.1) is 0 Å². The summed E-state index contributed by atoms with van der Waals surface area (Å²) in [6.07, 6.45) is 5.95. The lowest BCUT2D eigenvalue weighted by Gasteiger charge is -2.24. The van der Waals surface area contributed by atoms with Crippen molar-refractivity contribution in [3.05, 3.63) is 23.8 Å². The fraction of sp³-hybridized carbons (Fsp3) is 0.545. The van der Waals surface area contributed by atoms with Crippen LogP contribution in [0.4, 0.5) is 0 Å². The summed E-state index contributed by atoms with van der Waals surface area (Å²) in [5, 5.41) is 8.56. The number of aromatic nitrogens is 2. The first-order valence-electron chi connectivity index (χ1n) is 5.29. The van der Waals surface area contributed by atoms with Gasteiger partial charge in [-0.1, -0.05) is 6.42 Å². The van der Waals surface area contributed by atoms with E-state index in [4.69, 9.17) is 5.11 Å². The maximum absolute atomic E-state index is 10.4. The van der Waals surface area contributed by atoms with Crippen molar-refractivity contribution in [1.82, 2.24) is 9.97 Å². The normalized spacial score (nSPS) is 16.0. The van der Waals surface area contributed by atoms with Gasteiger partial charge >= 0.3 is 5.97 Å². The van der Waals surface area contributed by atoms with Crippen LogP contribution < -0.4 is 0 Å². The molecule has 1 heterocycles. The van der Waals surface area contributed by atoms with Crippen LogP contribution in [0.3, 0.4) is 0 Å². The highest BCUT2D eigenvalue weighted by atomic mass is 16.4. The first kappa shape index (κ1) is 10.1. The molecular formula is C11H14N2O2. The van der Waals surface area contributed by atoms with Gasteiger partial charge in [-0.15, -0.1) is 0 Å². The van der Waals surface area contributed by atoms with Crippen molar-refractivity contribution in [2.24, 2.45) is 0 Å². The molecule has 1 aromatic heterocycles. The summed E-state index contributed by atoms with van der Waals surface area (Å²) in [7, 11) is 0. The minimum Gasteiger partial charge on any atom is -0.481 e. The number of aryl methyl sites for hydroxylation is 1. The second-order valence-electron chi connectivity index (χ2n) is 3.92. The van der Waals surface area contributed by atoms with Crippen molar-refractivity contribution in [1.29, 1.82) is 0 Å².